The predicted octanol–water partition coefficient (Wildman–Crippen LogP) is 2.64. The number of ether oxygens (including phenoxy) is 1. The summed E-state index contributed by atoms with van der Waals surface area (Å²) in [5.74, 6) is -0.102. The number of fused-ring (bicyclic) bond motifs is 1. The van der Waals surface area contributed by atoms with Gasteiger partial charge in [0.25, 0.3) is 15.9 Å². The lowest BCUT2D eigenvalue weighted by Gasteiger charge is -2.17. The van der Waals surface area contributed by atoms with Gasteiger partial charge in [0.15, 0.2) is 0 Å². The number of methoxy groups -OCH3 is 1. The number of carbonyl (C=O) groups excluding carboxylic acids is 1. The Kier molecular flexibility index (Phi) is 5.02. The molecule has 0 saturated heterocycles. The van der Waals surface area contributed by atoms with Crippen LogP contribution in [0.3, 0.4) is 0 Å². The Morgan fingerprint density at radius 1 is 1.19 bits per heavy atom. The van der Waals surface area contributed by atoms with Gasteiger partial charge in [-0.3, -0.25) is 9.52 Å². The van der Waals surface area contributed by atoms with Crippen LogP contribution in [0, 0.1) is 13.8 Å². The van der Waals surface area contributed by atoms with Crippen molar-refractivity contribution < 1.29 is 17.9 Å². The minimum atomic E-state index is -3.67. The fraction of sp³-hybridized carbons (Fsp3) is 0.316. The summed E-state index contributed by atoms with van der Waals surface area (Å²) in [4.78, 5) is 14.0. The SMILES string of the molecule is COCC(=O)N1CCc2cc(NS(=O)(=O)c3ccc(C)cc3C)ccc21. The maximum absolute atomic E-state index is 12.7. The van der Waals surface area contributed by atoms with Gasteiger partial charge in [-0.15, -0.1) is 0 Å². The van der Waals surface area contributed by atoms with Crippen LogP contribution in [0.1, 0.15) is 16.7 Å². The van der Waals surface area contributed by atoms with Gasteiger partial charge in [-0.05, 0) is 55.7 Å². The van der Waals surface area contributed by atoms with E-state index < -0.39 is 10.0 Å². The molecule has 1 heterocycles. The number of aryl methyl sites for hydroxylation is 2. The van der Waals surface area contributed by atoms with E-state index in [1.54, 1.807) is 42.2 Å². The van der Waals surface area contributed by atoms with Crippen molar-refractivity contribution in [2.24, 2.45) is 0 Å². The Bertz CT molecular complexity index is 954. The van der Waals surface area contributed by atoms with Crippen molar-refractivity contribution in [3.63, 3.8) is 0 Å². The number of sulfonamides is 1. The Morgan fingerprint density at radius 3 is 2.65 bits per heavy atom. The van der Waals surface area contributed by atoms with E-state index in [1.807, 2.05) is 13.0 Å². The van der Waals surface area contributed by atoms with Crippen molar-refractivity contribution in [3.05, 3.63) is 53.1 Å². The molecule has 6 nitrogen and oxygen atoms in total. The molecule has 2 aromatic carbocycles. The first-order chi connectivity index (χ1) is 12.3. The van der Waals surface area contributed by atoms with E-state index in [-0.39, 0.29) is 17.4 Å². The number of hydrogen-bond donors (Lipinski definition) is 1. The Labute approximate surface area is 153 Å². The van der Waals surface area contributed by atoms with Crippen LogP contribution in [0.5, 0.6) is 0 Å². The number of hydrogen-bond acceptors (Lipinski definition) is 4. The lowest BCUT2D eigenvalue weighted by molar-refractivity contribution is -0.122. The molecule has 0 radical (unpaired) electrons. The molecule has 26 heavy (non-hydrogen) atoms. The molecule has 0 unspecified atom stereocenters. The molecular formula is C19H22N2O4S. The van der Waals surface area contributed by atoms with E-state index in [2.05, 4.69) is 4.72 Å². The summed E-state index contributed by atoms with van der Waals surface area (Å²) in [6, 6.07) is 10.5. The molecule has 3 rings (SSSR count). The molecular weight excluding hydrogens is 352 g/mol. The first-order valence-corrected chi connectivity index (χ1v) is 9.82. The van der Waals surface area contributed by atoms with Gasteiger partial charge in [0.2, 0.25) is 0 Å². The summed E-state index contributed by atoms with van der Waals surface area (Å²) in [7, 11) is -2.18. The zero-order valence-electron chi connectivity index (χ0n) is 15.1. The summed E-state index contributed by atoms with van der Waals surface area (Å²) in [6.07, 6.45) is 0.684. The van der Waals surface area contributed by atoms with Gasteiger partial charge in [0.1, 0.15) is 6.61 Å². The van der Waals surface area contributed by atoms with Crippen LogP contribution in [-0.2, 0) is 26.0 Å². The molecule has 1 aliphatic heterocycles. The van der Waals surface area contributed by atoms with Gasteiger partial charge in [0.05, 0.1) is 4.90 Å². The first-order valence-electron chi connectivity index (χ1n) is 8.34. The van der Waals surface area contributed by atoms with Gasteiger partial charge in [0, 0.05) is 25.0 Å². The van der Waals surface area contributed by atoms with Gasteiger partial charge in [-0.1, -0.05) is 17.7 Å². The number of benzene rings is 2. The van der Waals surface area contributed by atoms with Crippen LogP contribution in [-0.4, -0.2) is 34.6 Å². The normalized spacial score (nSPS) is 13.6. The number of rotatable bonds is 5. The fourth-order valence-electron chi connectivity index (χ4n) is 3.24. The van der Waals surface area contributed by atoms with Crippen molar-refractivity contribution in [2.45, 2.75) is 25.2 Å². The summed E-state index contributed by atoms with van der Waals surface area (Å²) < 4.78 is 32.9. The highest BCUT2D eigenvalue weighted by Crippen LogP contribution is 2.31. The quantitative estimate of drug-likeness (QED) is 0.873. The van der Waals surface area contributed by atoms with Crippen LogP contribution >= 0.6 is 0 Å². The van der Waals surface area contributed by atoms with Crippen LogP contribution in [0.4, 0.5) is 11.4 Å². The maximum Gasteiger partial charge on any atom is 0.262 e. The molecule has 0 aliphatic carbocycles. The minimum Gasteiger partial charge on any atom is -0.375 e. The maximum atomic E-state index is 12.7. The van der Waals surface area contributed by atoms with E-state index in [1.165, 1.54) is 7.11 Å². The van der Waals surface area contributed by atoms with E-state index in [0.29, 0.717) is 24.2 Å². The Hall–Kier alpha value is -2.38. The molecule has 0 aromatic heterocycles. The molecule has 1 aliphatic rings. The molecule has 1 amide bonds. The van der Waals surface area contributed by atoms with E-state index in [4.69, 9.17) is 4.74 Å². The number of carbonyl (C=O) groups is 1. The second-order valence-electron chi connectivity index (χ2n) is 6.45. The molecule has 0 fully saturated rings. The average molecular weight is 374 g/mol. The second-order valence-corrected chi connectivity index (χ2v) is 8.10. The fourth-order valence-corrected chi connectivity index (χ4v) is 4.51. The third-order valence-electron chi connectivity index (χ3n) is 4.42. The summed E-state index contributed by atoms with van der Waals surface area (Å²) in [6.45, 7) is 4.31. The van der Waals surface area contributed by atoms with Crippen LogP contribution in [0.25, 0.3) is 0 Å². The van der Waals surface area contributed by atoms with Crippen molar-refractivity contribution in [1.29, 1.82) is 0 Å². The highest BCUT2D eigenvalue weighted by molar-refractivity contribution is 7.92. The van der Waals surface area contributed by atoms with Crippen LogP contribution in [0.2, 0.25) is 0 Å². The van der Waals surface area contributed by atoms with Gasteiger partial charge < -0.3 is 9.64 Å². The van der Waals surface area contributed by atoms with Crippen molar-refractivity contribution >= 4 is 27.3 Å². The summed E-state index contributed by atoms with van der Waals surface area (Å²) in [5, 5.41) is 0. The lowest BCUT2D eigenvalue weighted by atomic mass is 10.1. The molecule has 0 spiro atoms. The zero-order valence-corrected chi connectivity index (χ0v) is 15.9. The first kappa shape index (κ1) is 18.4. The van der Waals surface area contributed by atoms with Crippen molar-refractivity contribution in [3.8, 4) is 0 Å². The molecule has 0 atom stereocenters. The molecule has 2 aromatic rings. The largest absolute Gasteiger partial charge is 0.375 e. The number of nitrogens with zero attached hydrogens (tertiary/aromatic N) is 1. The number of anilines is 2. The van der Waals surface area contributed by atoms with Crippen LogP contribution in [0.15, 0.2) is 41.3 Å². The minimum absolute atomic E-state index is 0.0283. The van der Waals surface area contributed by atoms with E-state index >= 15 is 0 Å². The van der Waals surface area contributed by atoms with Gasteiger partial charge in [-0.25, -0.2) is 8.42 Å². The lowest BCUT2D eigenvalue weighted by Crippen LogP contribution is -2.31. The smallest absolute Gasteiger partial charge is 0.262 e. The molecule has 138 valence electrons. The predicted molar refractivity (Wildman–Crippen MR) is 101 cm³/mol. The van der Waals surface area contributed by atoms with Gasteiger partial charge >= 0.3 is 0 Å². The molecule has 1 N–H and O–H groups in total. The number of nitrogens with one attached hydrogen (secondary N) is 1. The monoisotopic (exact) mass is 374 g/mol. The summed E-state index contributed by atoms with van der Waals surface area (Å²) in [5.41, 5.74) is 3.95. The average Bonchev–Trinajstić information content (AvgIpc) is 2.97. The standard InChI is InChI=1S/C19H22N2O4S/c1-13-4-7-18(14(2)10-13)26(23,24)20-16-5-6-17-15(11-16)8-9-21(17)19(22)12-25-3/h4-7,10-11,20H,8-9,12H2,1-3H3. The van der Waals surface area contributed by atoms with Crippen LogP contribution < -0.4 is 9.62 Å². The van der Waals surface area contributed by atoms with Crippen molar-refractivity contribution in [1.82, 2.24) is 0 Å². The molecule has 0 bridgehead atoms. The molecule has 7 heteroatoms. The van der Waals surface area contributed by atoms with Crippen molar-refractivity contribution in [2.75, 3.05) is 29.9 Å². The third-order valence-corrected chi connectivity index (χ3v) is 5.96. The highest BCUT2D eigenvalue weighted by Gasteiger charge is 2.25. The topological polar surface area (TPSA) is 75.7 Å². The zero-order chi connectivity index (χ0) is 18.9. The summed E-state index contributed by atoms with van der Waals surface area (Å²) >= 11 is 0. The molecule has 0 saturated carbocycles. The van der Waals surface area contributed by atoms with Gasteiger partial charge in [-0.2, -0.15) is 0 Å². The highest BCUT2D eigenvalue weighted by atomic mass is 32.2. The number of amides is 1. The second kappa shape index (κ2) is 7.09. The van der Waals surface area contributed by atoms with E-state index in [0.717, 1.165) is 16.8 Å². The van der Waals surface area contributed by atoms with E-state index in [9.17, 15) is 13.2 Å². The Balaban J connectivity index is 1.85. The Morgan fingerprint density at radius 2 is 1.96 bits per heavy atom. The third kappa shape index (κ3) is 3.59.